The molecule has 1 saturated heterocycles. The van der Waals surface area contributed by atoms with E-state index in [0.717, 1.165) is 55.1 Å². The van der Waals surface area contributed by atoms with Crippen LogP contribution in [0.5, 0.6) is 0 Å². The van der Waals surface area contributed by atoms with Crippen molar-refractivity contribution in [2.75, 3.05) is 44.3 Å². The van der Waals surface area contributed by atoms with Gasteiger partial charge in [0, 0.05) is 43.9 Å². The van der Waals surface area contributed by atoms with Crippen LogP contribution >= 0.6 is 11.6 Å². The SMILES string of the molecule is CCN1CCN(c2cc(CCF)c(Cl)c(-c3ccccc3C)c2)CC1. The second kappa shape index (κ2) is 8.20. The lowest BCUT2D eigenvalue weighted by Crippen LogP contribution is -2.46. The zero-order valence-electron chi connectivity index (χ0n) is 15.1. The first kappa shape index (κ1) is 18.2. The molecule has 0 aliphatic carbocycles. The summed E-state index contributed by atoms with van der Waals surface area (Å²) in [6, 6.07) is 12.5. The number of rotatable bonds is 5. The monoisotopic (exact) mass is 360 g/mol. The molecule has 25 heavy (non-hydrogen) atoms. The van der Waals surface area contributed by atoms with Crippen molar-refractivity contribution in [3.8, 4) is 11.1 Å². The van der Waals surface area contributed by atoms with E-state index >= 15 is 0 Å². The van der Waals surface area contributed by atoms with Crippen molar-refractivity contribution in [3.63, 3.8) is 0 Å². The predicted octanol–water partition coefficient (Wildman–Crippen LogP) is 4.97. The summed E-state index contributed by atoms with van der Waals surface area (Å²) in [5, 5.41) is 0.683. The predicted molar refractivity (Wildman–Crippen MR) is 106 cm³/mol. The Morgan fingerprint density at radius 3 is 2.40 bits per heavy atom. The summed E-state index contributed by atoms with van der Waals surface area (Å²) in [6.07, 6.45) is 0.362. The molecule has 0 amide bonds. The summed E-state index contributed by atoms with van der Waals surface area (Å²) >= 11 is 6.66. The van der Waals surface area contributed by atoms with Gasteiger partial charge in [0.2, 0.25) is 0 Å². The molecule has 0 spiro atoms. The van der Waals surface area contributed by atoms with Crippen LogP contribution in [0, 0.1) is 6.92 Å². The minimum Gasteiger partial charge on any atom is -0.369 e. The first-order valence-electron chi connectivity index (χ1n) is 9.05. The maximum Gasteiger partial charge on any atom is 0.0935 e. The fourth-order valence-electron chi connectivity index (χ4n) is 3.53. The number of halogens is 2. The number of hydrogen-bond acceptors (Lipinski definition) is 2. The van der Waals surface area contributed by atoms with Gasteiger partial charge in [-0.3, -0.25) is 4.39 Å². The van der Waals surface area contributed by atoms with Crippen LogP contribution in [0.2, 0.25) is 5.02 Å². The summed E-state index contributed by atoms with van der Waals surface area (Å²) in [5.41, 5.74) is 5.38. The molecule has 134 valence electrons. The van der Waals surface area contributed by atoms with Gasteiger partial charge in [-0.05, 0) is 42.3 Å². The molecule has 0 unspecified atom stereocenters. The number of benzene rings is 2. The van der Waals surface area contributed by atoms with Gasteiger partial charge in [-0.15, -0.1) is 0 Å². The zero-order chi connectivity index (χ0) is 17.8. The van der Waals surface area contributed by atoms with E-state index in [9.17, 15) is 4.39 Å². The van der Waals surface area contributed by atoms with E-state index in [4.69, 9.17) is 11.6 Å². The minimum absolute atomic E-state index is 0.362. The zero-order valence-corrected chi connectivity index (χ0v) is 15.8. The molecular weight excluding hydrogens is 335 g/mol. The normalized spacial score (nSPS) is 15.6. The fraction of sp³-hybridized carbons (Fsp3) is 0.429. The van der Waals surface area contributed by atoms with E-state index in [1.807, 2.05) is 12.1 Å². The highest BCUT2D eigenvalue weighted by Crippen LogP contribution is 2.37. The van der Waals surface area contributed by atoms with Crippen LogP contribution in [0.25, 0.3) is 11.1 Å². The van der Waals surface area contributed by atoms with Gasteiger partial charge in [-0.2, -0.15) is 0 Å². The third-order valence-corrected chi connectivity index (χ3v) is 5.56. The van der Waals surface area contributed by atoms with Crippen molar-refractivity contribution in [1.82, 2.24) is 4.90 Å². The van der Waals surface area contributed by atoms with Crippen LogP contribution in [-0.4, -0.2) is 44.3 Å². The molecule has 2 aromatic carbocycles. The number of hydrogen-bond donors (Lipinski definition) is 0. The van der Waals surface area contributed by atoms with Crippen LogP contribution in [0.4, 0.5) is 10.1 Å². The first-order chi connectivity index (χ1) is 12.1. The maximum absolute atomic E-state index is 13.1. The number of alkyl halides is 1. The summed E-state index contributed by atoms with van der Waals surface area (Å²) in [7, 11) is 0. The molecule has 4 heteroatoms. The van der Waals surface area contributed by atoms with E-state index in [-0.39, 0.29) is 6.67 Å². The molecular formula is C21H26ClFN2. The molecule has 0 bridgehead atoms. The average molecular weight is 361 g/mol. The Balaban J connectivity index is 2.01. The van der Waals surface area contributed by atoms with Crippen LogP contribution in [0.15, 0.2) is 36.4 Å². The molecule has 1 aliphatic rings. The van der Waals surface area contributed by atoms with E-state index < -0.39 is 0 Å². The van der Waals surface area contributed by atoms with Crippen molar-refractivity contribution < 1.29 is 4.39 Å². The lowest BCUT2D eigenvalue weighted by atomic mass is 9.96. The van der Waals surface area contributed by atoms with Gasteiger partial charge in [-0.25, -0.2) is 0 Å². The van der Waals surface area contributed by atoms with Gasteiger partial charge >= 0.3 is 0 Å². The fourth-order valence-corrected chi connectivity index (χ4v) is 3.83. The molecule has 0 atom stereocenters. The Bertz CT molecular complexity index is 724. The van der Waals surface area contributed by atoms with Crippen molar-refractivity contribution in [2.24, 2.45) is 0 Å². The number of aryl methyl sites for hydroxylation is 2. The van der Waals surface area contributed by atoms with Crippen molar-refractivity contribution in [1.29, 1.82) is 0 Å². The second-order valence-electron chi connectivity index (χ2n) is 6.64. The molecule has 0 aromatic heterocycles. The van der Waals surface area contributed by atoms with Gasteiger partial charge in [0.05, 0.1) is 11.7 Å². The Morgan fingerprint density at radius 1 is 1.04 bits per heavy atom. The van der Waals surface area contributed by atoms with Crippen molar-refractivity contribution in [2.45, 2.75) is 20.3 Å². The molecule has 0 radical (unpaired) electrons. The average Bonchev–Trinajstić information content (AvgIpc) is 2.64. The standard InChI is InChI=1S/C21H26ClFN2/c1-3-24-10-12-25(13-11-24)18-14-17(8-9-23)21(22)20(15-18)19-7-5-4-6-16(19)2/h4-7,14-15H,3,8-13H2,1-2H3. The molecule has 1 aliphatic heterocycles. The molecule has 2 aromatic rings. The first-order valence-corrected chi connectivity index (χ1v) is 9.43. The van der Waals surface area contributed by atoms with Crippen molar-refractivity contribution >= 4 is 17.3 Å². The summed E-state index contributed by atoms with van der Waals surface area (Å²) in [4.78, 5) is 4.85. The van der Waals surface area contributed by atoms with Crippen LogP contribution in [0.3, 0.4) is 0 Å². The number of piperazine rings is 1. The van der Waals surface area contributed by atoms with Gasteiger partial charge < -0.3 is 9.80 Å². The summed E-state index contributed by atoms with van der Waals surface area (Å²) in [5.74, 6) is 0. The highest BCUT2D eigenvalue weighted by Gasteiger charge is 2.19. The molecule has 2 nitrogen and oxygen atoms in total. The van der Waals surface area contributed by atoms with Crippen LogP contribution in [-0.2, 0) is 6.42 Å². The largest absolute Gasteiger partial charge is 0.369 e. The summed E-state index contributed by atoms with van der Waals surface area (Å²) < 4.78 is 13.1. The van der Waals surface area contributed by atoms with E-state index in [1.54, 1.807) is 0 Å². The van der Waals surface area contributed by atoms with Crippen LogP contribution in [0.1, 0.15) is 18.1 Å². The Kier molecular flexibility index (Phi) is 5.98. The third kappa shape index (κ3) is 3.99. The minimum atomic E-state index is -0.389. The van der Waals surface area contributed by atoms with Gasteiger partial charge in [0.1, 0.15) is 0 Å². The number of nitrogens with zero attached hydrogens (tertiary/aromatic N) is 2. The lowest BCUT2D eigenvalue weighted by Gasteiger charge is -2.36. The molecule has 1 heterocycles. The van der Waals surface area contributed by atoms with Gasteiger partial charge in [-0.1, -0.05) is 42.8 Å². The van der Waals surface area contributed by atoms with Crippen LogP contribution < -0.4 is 4.90 Å². The number of anilines is 1. The number of likely N-dealkylation sites (N-methyl/N-ethyl adjacent to an activating group) is 1. The maximum atomic E-state index is 13.1. The van der Waals surface area contributed by atoms with Gasteiger partial charge in [0.25, 0.3) is 0 Å². The van der Waals surface area contributed by atoms with E-state index in [1.165, 1.54) is 5.56 Å². The lowest BCUT2D eigenvalue weighted by molar-refractivity contribution is 0.271. The Labute approximate surface area is 155 Å². The topological polar surface area (TPSA) is 6.48 Å². The molecule has 0 saturated carbocycles. The third-order valence-electron chi connectivity index (χ3n) is 5.12. The van der Waals surface area contributed by atoms with Gasteiger partial charge in [0.15, 0.2) is 0 Å². The Morgan fingerprint density at radius 2 is 1.76 bits per heavy atom. The highest BCUT2D eigenvalue weighted by atomic mass is 35.5. The molecule has 3 rings (SSSR count). The van der Waals surface area contributed by atoms with Crippen molar-refractivity contribution in [3.05, 3.63) is 52.5 Å². The second-order valence-corrected chi connectivity index (χ2v) is 7.02. The molecule has 1 fully saturated rings. The Hall–Kier alpha value is -1.58. The van der Waals surface area contributed by atoms with E-state index in [0.29, 0.717) is 11.4 Å². The smallest absolute Gasteiger partial charge is 0.0935 e. The summed E-state index contributed by atoms with van der Waals surface area (Å²) in [6.45, 7) is 9.13. The quantitative estimate of drug-likeness (QED) is 0.742. The molecule has 0 N–H and O–H groups in total. The highest BCUT2D eigenvalue weighted by molar-refractivity contribution is 6.34. The van der Waals surface area contributed by atoms with E-state index in [2.05, 4.69) is 47.9 Å².